The van der Waals surface area contributed by atoms with Crippen molar-refractivity contribution < 1.29 is 28.4 Å². The number of para-hydroxylation sites is 1. The fourth-order valence-corrected chi connectivity index (χ4v) is 5.51. The van der Waals surface area contributed by atoms with E-state index in [1.54, 1.807) is 42.3 Å². The fourth-order valence-electron chi connectivity index (χ4n) is 4.75. The summed E-state index contributed by atoms with van der Waals surface area (Å²) >= 11 is 13.1. The third kappa shape index (κ3) is 6.61. The molecule has 4 N–H and O–H groups in total. The van der Waals surface area contributed by atoms with Crippen molar-refractivity contribution in [3.8, 4) is 6.19 Å². The lowest BCUT2D eigenvalue weighted by Crippen LogP contribution is -2.50. The van der Waals surface area contributed by atoms with Crippen LogP contribution >= 0.6 is 23.2 Å². The number of aliphatic imine (C=N–C) groups is 1. The molecular weight excluding hydrogens is 613 g/mol. The van der Waals surface area contributed by atoms with E-state index in [0.29, 0.717) is 41.1 Å². The lowest BCUT2D eigenvalue weighted by atomic mass is 9.96. The van der Waals surface area contributed by atoms with Crippen molar-refractivity contribution in [2.24, 2.45) is 4.99 Å². The number of nitriles is 1. The number of carboxylic acids is 1. The molecule has 4 aromatic rings. The second-order valence-electron chi connectivity index (χ2n) is 9.89. The summed E-state index contributed by atoms with van der Waals surface area (Å²) in [6.45, 7) is 1.95. The highest BCUT2D eigenvalue weighted by atomic mass is 35.5. The molecule has 0 fully saturated rings. The number of carbonyl (C=O) groups excluding carboxylic acids is 2. The molecule has 0 bridgehead atoms. The van der Waals surface area contributed by atoms with Crippen LogP contribution in [0.2, 0.25) is 10.0 Å². The summed E-state index contributed by atoms with van der Waals surface area (Å²) in [5, 5.41) is 30.9. The zero-order valence-corrected chi connectivity index (χ0v) is 24.7. The first-order valence-corrected chi connectivity index (χ1v) is 14.1. The number of hydrogen-bond acceptors (Lipinski definition) is 8. The van der Waals surface area contributed by atoms with Gasteiger partial charge in [0, 0.05) is 31.1 Å². The second kappa shape index (κ2) is 13.1. The molecule has 0 spiro atoms. The van der Waals surface area contributed by atoms with E-state index < -0.39 is 17.9 Å². The maximum atomic E-state index is 13.2. The Balaban J connectivity index is 1.27. The Morgan fingerprint density at radius 1 is 1.23 bits per heavy atom. The number of fused-ring (bicyclic) bond motifs is 2. The Hall–Kier alpha value is -5.06. The molecule has 15 heteroatoms. The van der Waals surface area contributed by atoms with Crippen LogP contribution in [0.15, 0.2) is 56.4 Å². The predicted molar refractivity (Wildman–Crippen MR) is 159 cm³/mol. The number of carbonyl (C=O) groups is 3. The maximum absolute atomic E-state index is 13.2. The van der Waals surface area contributed by atoms with E-state index in [2.05, 4.69) is 26.1 Å². The van der Waals surface area contributed by atoms with Crippen LogP contribution in [0.5, 0.6) is 0 Å². The van der Waals surface area contributed by atoms with Crippen molar-refractivity contribution in [2.75, 3.05) is 13.1 Å². The average molecular weight is 638 g/mol. The van der Waals surface area contributed by atoms with Gasteiger partial charge in [-0.1, -0.05) is 46.6 Å². The van der Waals surface area contributed by atoms with Gasteiger partial charge in [0.25, 0.3) is 11.8 Å². The van der Waals surface area contributed by atoms with Gasteiger partial charge in [0.05, 0.1) is 22.2 Å². The number of hydrogen-bond donors (Lipinski definition) is 4. The van der Waals surface area contributed by atoms with Gasteiger partial charge in [0.2, 0.25) is 5.96 Å². The van der Waals surface area contributed by atoms with Crippen LogP contribution in [0.4, 0.5) is 0 Å². The molecule has 44 heavy (non-hydrogen) atoms. The summed E-state index contributed by atoms with van der Waals surface area (Å²) < 4.78 is 10.7. The number of halogens is 2. The third-order valence-corrected chi connectivity index (χ3v) is 7.60. The van der Waals surface area contributed by atoms with Gasteiger partial charge < -0.3 is 29.6 Å². The Labute approximate surface area is 260 Å². The second-order valence-corrected chi connectivity index (χ2v) is 10.7. The molecule has 0 saturated carbocycles. The third-order valence-electron chi connectivity index (χ3n) is 6.88. The number of aryl methyl sites for hydroxylation is 1. The van der Waals surface area contributed by atoms with Gasteiger partial charge in [-0.15, -0.1) is 0 Å². The molecule has 0 unspecified atom stereocenters. The van der Waals surface area contributed by atoms with E-state index in [1.807, 2.05) is 18.2 Å². The quantitative estimate of drug-likeness (QED) is 0.0961. The smallest absolute Gasteiger partial charge is 0.328 e. The predicted octanol–water partition coefficient (Wildman–Crippen LogP) is 3.63. The van der Waals surface area contributed by atoms with E-state index in [9.17, 15) is 19.5 Å². The van der Waals surface area contributed by atoms with E-state index in [-0.39, 0.29) is 52.9 Å². The Morgan fingerprint density at radius 3 is 2.73 bits per heavy atom. The zero-order chi connectivity index (χ0) is 31.4. The Bertz CT molecular complexity index is 1790. The number of carboxylic acid groups (broad SMARTS) is 1. The highest BCUT2D eigenvalue weighted by Gasteiger charge is 2.30. The van der Waals surface area contributed by atoms with E-state index in [1.165, 1.54) is 0 Å². The lowest BCUT2D eigenvalue weighted by Gasteiger charge is -2.30. The van der Waals surface area contributed by atoms with Gasteiger partial charge in [0.15, 0.2) is 12.0 Å². The molecule has 1 aliphatic heterocycles. The van der Waals surface area contributed by atoms with Crippen LogP contribution in [-0.4, -0.2) is 58.0 Å². The monoisotopic (exact) mass is 637 g/mol. The van der Waals surface area contributed by atoms with E-state index in [4.69, 9.17) is 37.4 Å². The summed E-state index contributed by atoms with van der Waals surface area (Å²) in [5.74, 6) is -1.67. The first-order valence-electron chi connectivity index (χ1n) is 13.3. The summed E-state index contributed by atoms with van der Waals surface area (Å²) in [7, 11) is 0. The van der Waals surface area contributed by atoms with E-state index >= 15 is 0 Å². The Morgan fingerprint density at radius 2 is 2.02 bits per heavy atom. The van der Waals surface area contributed by atoms with Crippen molar-refractivity contribution in [1.29, 1.82) is 5.26 Å². The molecule has 0 aliphatic carbocycles. The van der Waals surface area contributed by atoms with Crippen LogP contribution in [0, 0.1) is 18.4 Å². The highest BCUT2D eigenvalue weighted by Crippen LogP contribution is 2.35. The minimum atomic E-state index is -1.44. The normalized spacial score (nSPS) is 13.6. The SMILES string of the molecule is Cc1cc(CN=C(NC#N)NC[C@H](NC(=O)c2c(Cl)cc3c(c2Cl)CCN(C(=O)c2cc4ccccc4o2)C3)C(=O)O)no1. The molecule has 0 saturated heterocycles. The van der Waals surface area contributed by atoms with Crippen LogP contribution in [-0.2, 0) is 24.3 Å². The molecule has 2 amide bonds. The minimum Gasteiger partial charge on any atom is -0.480 e. The number of benzene rings is 2. The highest BCUT2D eigenvalue weighted by molar-refractivity contribution is 6.40. The summed E-state index contributed by atoms with van der Waals surface area (Å²) in [4.78, 5) is 44.2. The molecule has 0 radical (unpaired) electrons. The Kier molecular flexibility index (Phi) is 9.03. The van der Waals surface area contributed by atoms with Gasteiger partial charge in [-0.25, -0.2) is 9.79 Å². The summed E-state index contributed by atoms with van der Waals surface area (Å²) in [6.07, 6.45) is 2.05. The molecule has 2 aromatic carbocycles. The van der Waals surface area contributed by atoms with Crippen molar-refractivity contribution in [1.82, 2.24) is 26.0 Å². The minimum absolute atomic E-state index is 0.00214. The van der Waals surface area contributed by atoms with Crippen LogP contribution in [0.1, 0.15) is 43.5 Å². The van der Waals surface area contributed by atoms with Crippen molar-refractivity contribution in [3.05, 3.63) is 86.4 Å². The number of nitrogens with zero attached hydrogens (tertiary/aromatic N) is 4. The van der Waals surface area contributed by atoms with Gasteiger partial charge in [0.1, 0.15) is 23.1 Å². The molecule has 13 nitrogen and oxygen atoms in total. The van der Waals surface area contributed by atoms with Crippen LogP contribution < -0.4 is 16.0 Å². The van der Waals surface area contributed by atoms with Crippen LogP contribution in [0.3, 0.4) is 0 Å². The topological polar surface area (TPSA) is 186 Å². The van der Waals surface area contributed by atoms with Gasteiger partial charge in [-0.3, -0.25) is 14.9 Å². The number of rotatable bonds is 8. The van der Waals surface area contributed by atoms with Gasteiger partial charge in [-0.05, 0) is 42.7 Å². The summed E-state index contributed by atoms with van der Waals surface area (Å²) in [6, 6.07) is 10.8. The van der Waals surface area contributed by atoms with E-state index in [0.717, 1.165) is 5.39 Å². The first kappa shape index (κ1) is 30.4. The van der Waals surface area contributed by atoms with Gasteiger partial charge in [-0.2, -0.15) is 5.26 Å². The molecule has 3 heterocycles. The molecule has 2 aromatic heterocycles. The average Bonchev–Trinajstić information content (AvgIpc) is 3.62. The van der Waals surface area contributed by atoms with Crippen LogP contribution in [0.25, 0.3) is 11.0 Å². The molecular formula is C29H25Cl2N7O6. The van der Waals surface area contributed by atoms with Crippen molar-refractivity contribution >= 4 is 57.9 Å². The number of aliphatic carboxylic acids is 1. The fraction of sp³-hybridized carbons (Fsp3) is 0.241. The molecule has 226 valence electrons. The maximum Gasteiger partial charge on any atom is 0.328 e. The number of aromatic nitrogens is 1. The van der Waals surface area contributed by atoms with Crippen molar-refractivity contribution in [2.45, 2.75) is 32.5 Å². The van der Waals surface area contributed by atoms with Crippen molar-refractivity contribution in [3.63, 3.8) is 0 Å². The number of amides is 2. The van der Waals surface area contributed by atoms with Gasteiger partial charge >= 0.3 is 5.97 Å². The molecule has 5 rings (SSSR count). The molecule has 1 aliphatic rings. The number of nitrogens with one attached hydrogen (secondary N) is 3. The zero-order valence-electron chi connectivity index (χ0n) is 23.2. The summed E-state index contributed by atoms with van der Waals surface area (Å²) in [5.41, 5.74) is 2.32. The standard InChI is InChI=1S/C29H25Cl2N7O6/c1-15-8-18(37-44-15)11-33-29(35-14-32)34-12-21(28(41)42)36-26(39)24-20(30)9-17-13-38(7-6-19(17)25(24)31)27(40)23-10-16-4-2-3-5-22(16)43-23/h2-5,8-10,21H,6-7,11-13H2,1H3,(H,36,39)(H,41,42)(H2,33,34,35)/t21-/m0/s1. The molecule has 1 atom stereocenters. The largest absolute Gasteiger partial charge is 0.480 e. The first-order chi connectivity index (χ1) is 21.1. The lowest BCUT2D eigenvalue weighted by molar-refractivity contribution is -0.139. The number of furan rings is 1. The number of guanidine groups is 1.